The molecule has 122 valence electrons. The van der Waals surface area contributed by atoms with E-state index in [1.807, 2.05) is 0 Å². The summed E-state index contributed by atoms with van der Waals surface area (Å²) in [6, 6.07) is 2.14. The Labute approximate surface area is 139 Å². The Hall–Kier alpha value is -1.66. The van der Waals surface area contributed by atoms with Crippen molar-refractivity contribution in [2.24, 2.45) is 0 Å². The summed E-state index contributed by atoms with van der Waals surface area (Å²) < 4.78 is 5.79. The summed E-state index contributed by atoms with van der Waals surface area (Å²) in [4.78, 5) is 13.5. The van der Waals surface area contributed by atoms with E-state index in [-0.39, 0.29) is 12.0 Å². The lowest BCUT2D eigenvalue weighted by Crippen LogP contribution is -2.27. The maximum absolute atomic E-state index is 12.3. The summed E-state index contributed by atoms with van der Waals surface area (Å²) in [5.41, 5.74) is 4.89. The predicted octanol–water partition coefficient (Wildman–Crippen LogP) is 2.67. The molecule has 1 aliphatic carbocycles. The van der Waals surface area contributed by atoms with E-state index in [4.69, 9.17) is 4.74 Å². The molecule has 2 N–H and O–H groups in total. The number of ether oxygens (including phenoxy) is 1. The molecule has 0 radical (unpaired) electrons. The monoisotopic (exact) mass is 331 g/mol. The maximum atomic E-state index is 12.3. The summed E-state index contributed by atoms with van der Waals surface area (Å²) in [6.45, 7) is 1.21. The molecule has 0 aromatic carbocycles. The molecule has 2 aliphatic rings. The van der Waals surface area contributed by atoms with Crippen LogP contribution in [0, 0.1) is 0 Å². The van der Waals surface area contributed by atoms with Gasteiger partial charge in [-0.3, -0.25) is 9.89 Å². The first-order chi connectivity index (χ1) is 11.3. The number of nitrogens with zero attached hydrogens (tertiary/aromatic N) is 1. The number of nitrogens with one attached hydrogen (secondary N) is 2. The van der Waals surface area contributed by atoms with Crippen molar-refractivity contribution in [3.63, 3.8) is 0 Å². The third kappa shape index (κ3) is 3.05. The number of carbonyl (C=O) groups is 1. The number of aromatic nitrogens is 2. The molecule has 0 spiro atoms. The normalized spacial score (nSPS) is 19.9. The summed E-state index contributed by atoms with van der Waals surface area (Å²) >= 11 is 1.69. The Balaban J connectivity index is 1.36. The first-order valence-electron chi connectivity index (χ1n) is 8.31. The van der Waals surface area contributed by atoms with Gasteiger partial charge in [-0.25, -0.2) is 0 Å². The quantitative estimate of drug-likeness (QED) is 0.905. The lowest BCUT2D eigenvalue weighted by molar-refractivity contribution is -0.124. The molecule has 1 amide bonds. The molecule has 23 heavy (non-hydrogen) atoms. The number of H-pyrrole nitrogens is 1. The van der Waals surface area contributed by atoms with E-state index in [1.54, 1.807) is 11.3 Å². The van der Waals surface area contributed by atoms with Gasteiger partial charge in [0.15, 0.2) is 0 Å². The molecule has 5 nitrogen and oxygen atoms in total. The van der Waals surface area contributed by atoms with Crippen molar-refractivity contribution in [2.45, 2.75) is 51.2 Å². The Morgan fingerprint density at radius 1 is 1.39 bits per heavy atom. The fraction of sp³-hybridized carbons (Fsp3) is 0.529. The lowest BCUT2D eigenvalue weighted by atomic mass is 9.96. The highest BCUT2D eigenvalue weighted by molar-refractivity contribution is 7.10. The first-order valence-corrected chi connectivity index (χ1v) is 9.19. The fourth-order valence-electron chi connectivity index (χ4n) is 3.49. The van der Waals surface area contributed by atoms with Gasteiger partial charge in [-0.2, -0.15) is 5.10 Å². The molecule has 0 bridgehead atoms. The van der Waals surface area contributed by atoms with Crippen LogP contribution < -0.4 is 5.32 Å². The minimum absolute atomic E-state index is 0.0313. The molecule has 1 unspecified atom stereocenters. The van der Waals surface area contributed by atoms with Crippen LogP contribution in [0.5, 0.6) is 0 Å². The fourth-order valence-corrected chi connectivity index (χ4v) is 4.50. The van der Waals surface area contributed by atoms with E-state index in [2.05, 4.69) is 27.0 Å². The highest BCUT2D eigenvalue weighted by atomic mass is 32.1. The molecule has 1 atom stereocenters. The Morgan fingerprint density at radius 2 is 2.30 bits per heavy atom. The maximum Gasteiger partial charge on any atom is 0.223 e. The molecule has 0 fully saturated rings. The number of amides is 1. The van der Waals surface area contributed by atoms with Crippen LogP contribution in [0.3, 0.4) is 0 Å². The van der Waals surface area contributed by atoms with Crippen molar-refractivity contribution < 1.29 is 9.53 Å². The molecule has 4 rings (SSSR count). The average Bonchev–Trinajstić information content (AvgIpc) is 3.20. The van der Waals surface area contributed by atoms with Crippen LogP contribution in [0.1, 0.15) is 52.8 Å². The van der Waals surface area contributed by atoms with Gasteiger partial charge in [0.25, 0.3) is 0 Å². The standard InChI is InChI=1S/C17H21N3O2S/c21-16(9-15-17-11(5-7-22-15)6-8-23-17)18-10-14-12-3-1-2-4-13(12)19-20-14/h6,8,15H,1-5,7,9-10H2,(H,18,21)(H,19,20). The third-order valence-electron chi connectivity index (χ3n) is 4.73. The van der Waals surface area contributed by atoms with Gasteiger partial charge in [-0.05, 0) is 54.7 Å². The van der Waals surface area contributed by atoms with Crippen molar-refractivity contribution >= 4 is 17.2 Å². The second-order valence-corrected chi connectivity index (χ2v) is 7.18. The van der Waals surface area contributed by atoms with Gasteiger partial charge in [-0.1, -0.05) is 0 Å². The van der Waals surface area contributed by atoms with Crippen LogP contribution in [0.25, 0.3) is 0 Å². The molecule has 6 heteroatoms. The minimum atomic E-state index is -0.0909. The number of hydrogen-bond acceptors (Lipinski definition) is 4. The van der Waals surface area contributed by atoms with E-state index in [0.29, 0.717) is 19.6 Å². The van der Waals surface area contributed by atoms with Crippen LogP contribution in [0.4, 0.5) is 0 Å². The molecule has 2 aromatic rings. The largest absolute Gasteiger partial charge is 0.372 e. The minimum Gasteiger partial charge on any atom is -0.372 e. The van der Waals surface area contributed by atoms with E-state index in [1.165, 1.54) is 34.5 Å². The highest BCUT2D eigenvalue weighted by Gasteiger charge is 2.25. The highest BCUT2D eigenvalue weighted by Crippen LogP contribution is 2.33. The number of hydrogen-bond donors (Lipinski definition) is 2. The van der Waals surface area contributed by atoms with Gasteiger partial charge in [0.05, 0.1) is 25.3 Å². The lowest BCUT2D eigenvalue weighted by Gasteiger charge is -2.22. The van der Waals surface area contributed by atoms with E-state index < -0.39 is 0 Å². The Bertz CT molecular complexity index is 707. The van der Waals surface area contributed by atoms with E-state index >= 15 is 0 Å². The van der Waals surface area contributed by atoms with Crippen molar-refractivity contribution in [3.05, 3.63) is 38.8 Å². The summed E-state index contributed by atoms with van der Waals surface area (Å²) in [7, 11) is 0. The molecular formula is C17H21N3O2S. The number of thiophene rings is 1. The van der Waals surface area contributed by atoms with Crippen molar-refractivity contribution in [1.29, 1.82) is 0 Å². The van der Waals surface area contributed by atoms with Gasteiger partial charge < -0.3 is 10.1 Å². The summed E-state index contributed by atoms with van der Waals surface area (Å²) in [5.74, 6) is 0.0313. The van der Waals surface area contributed by atoms with Gasteiger partial charge >= 0.3 is 0 Å². The molecule has 1 aliphatic heterocycles. The van der Waals surface area contributed by atoms with Gasteiger partial charge in [-0.15, -0.1) is 11.3 Å². The number of aryl methyl sites for hydroxylation is 1. The zero-order chi connectivity index (χ0) is 15.6. The van der Waals surface area contributed by atoms with Crippen LogP contribution in [-0.2, 0) is 35.3 Å². The van der Waals surface area contributed by atoms with Gasteiger partial charge in [0.2, 0.25) is 5.91 Å². The number of fused-ring (bicyclic) bond motifs is 2. The Kier molecular flexibility index (Phi) is 4.18. The number of rotatable bonds is 4. The van der Waals surface area contributed by atoms with E-state index in [9.17, 15) is 4.79 Å². The van der Waals surface area contributed by atoms with Crippen LogP contribution >= 0.6 is 11.3 Å². The van der Waals surface area contributed by atoms with Gasteiger partial charge in [0, 0.05) is 10.6 Å². The molecular weight excluding hydrogens is 310 g/mol. The van der Waals surface area contributed by atoms with Gasteiger partial charge in [0.1, 0.15) is 6.10 Å². The van der Waals surface area contributed by atoms with E-state index in [0.717, 1.165) is 25.0 Å². The average molecular weight is 331 g/mol. The first kappa shape index (κ1) is 14.9. The van der Waals surface area contributed by atoms with Crippen molar-refractivity contribution in [3.8, 4) is 0 Å². The second-order valence-electron chi connectivity index (χ2n) is 6.23. The summed E-state index contributed by atoms with van der Waals surface area (Å²) in [5, 5.41) is 12.6. The van der Waals surface area contributed by atoms with Crippen LogP contribution in [0.2, 0.25) is 0 Å². The molecule has 0 saturated carbocycles. The summed E-state index contributed by atoms with van der Waals surface area (Å²) in [6.07, 6.45) is 5.84. The zero-order valence-corrected chi connectivity index (χ0v) is 13.9. The second kappa shape index (κ2) is 6.45. The topological polar surface area (TPSA) is 67.0 Å². The zero-order valence-electron chi connectivity index (χ0n) is 13.1. The SMILES string of the molecule is O=C(CC1OCCc2ccsc21)NCc1n[nH]c2c1CCCC2. The van der Waals surface area contributed by atoms with Crippen LogP contribution in [-0.4, -0.2) is 22.7 Å². The van der Waals surface area contributed by atoms with Crippen LogP contribution in [0.15, 0.2) is 11.4 Å². The molecule has 0 saturated heterocycles. The molecule has 2 aromatic heterocycles. The van der Waals surface area contributed by atoms with Crippen molar-refractivity contribution in [1.82, 2.24) is 15.5 Å². The predicted molar refractivity (Wildman–Crippen MR) is 88.4 cm³/mol. The Morgan fingerprint density at radius 3 is 3.26 bits per heavy atom. The van der Waals surface area contributed by atoms with Crippen molar-refractivity contribution in [2.75, 3.05) is 6.61 Å². The number of carbonyl (C=O) groups excluding carboxylic acids is 1. The third-order valence-corrected chi connectivity index (χ3v) is 5.78. The molecule has 3 heterocycles. The smallest absolute Gasteiger partial charge is 0.223 e. The number of aromatic amines is 1.